The van der Waals surface area contributed by atoms with Gasteiger partial charge in [0.1, 0.15) is 0 Å². The predicted molar refractivity (Wildman–Crippen MR) is 82.2 cm³/mol. The monoisotopic (exact) mass is 321 g/mol. The van der Waals surface area contributed by atoms with Crippen molar-refractivity contribution >= 4 is 15.9 Å². The highest BCUT2D eigenvalue weighted by atomic mass is 79.9. The molecule has 1 heterocycles. The summed E-state index contributed by atoms with van der Waals surface area (Å²) < 4.78 is 3.00. The summed E-state index contributed by atoms with van der Waals surface area (Å²) in [5, 5.41) is 7.86. The van der Waals surface area contributed by atoms with E-state index in [1.807, 2.05) is 17.9 Å². The summed E-state index contributed by atoms with van der Waals surface area (Å²) in [4.78, 5) is 0. The molecular weight excluding hydrogens is 302 g/mol. The van der Waals surface area contributed by atoms with Gasteiger partial charge in [0.25, 0.3) is 0 Å². The van der Waals surface area contributed by atoms with Gasteiger partial charge in [-0.25, -0.2) is 0 Å². The van der Waals surface area contributed by atoms with Crippen LogP contribution in [0.15, 0.2) is 35.1 Å². The van der Waals surface area contributed by atoms with E-state index in [-0.39, 0.29) is 6.04 Å². The second kappa shape index (κ2) is 6.35. The van der Waals surface area contributed by atoms with E-state index < -0.39 is 0 Å². The highest BCUT2D eigenvalue weighted by Gasteiger charge is 2.15. The molecule has 1 aromatic carbocycles. The maximum absolute atomic E-state index is 4.28. The molecule has 0 aliphatic carbocycles. The molecule has 0 saturated heterocycles. The van der Waals surface area contributed by atoms with Crippen molar-refractivity contribution in [3.8, 4) is 0 Å². The van der Waals surface area contributed by atoms with Crippen molar-refractivity contribution in [2.45, 2.75) is 26.3 Å². The summed E-state index contributed by atoms with van der Waals surface area (Å²) in [6.07, 6.45) is 5.12. The molecule has 0 radical (unpaired) electrons. The van der Waals surface area contributed by atoms with Gasteiger partial charge in [0.2, 0.25) is 0 Å². The number of benzene rings is 1. The number of aromatic nitrogens is 2. The number of hydrogen-bond donors (Lipinski definition) is 1. The molecule has 4 heteroatoms. The highest BCUT2D eigenvalue weighted by Crippen LogP contribution is 2.26. The van der Waals surface area contributed by atoms with Gasteiger partial charge >= 0.3 is 0 Å². The van der Waals surface area contributed by atoms with E-state index in [0.29, 0.717) is 0 Å². The molecule has 0 aliphatic heterocycles. The minimum absolute atomic E-state index is 0.200. The molecule has 0 bridgehead atoms. The Balaban J connectivity index is 2.33. The quantitative estimate of drug-likeness (QED) is 0.912. The van der Waals surface area contributed by atoms with Crippen molar-refractivity contribution in [2.24, 2.45) is 7.05 Å². The van der Waals surface area contributed by atoms with Gasteiger partial charge in [-0.15, -0.1) is 0 Å². The molecule has 102 valence electrons. The number of hydrogen-bond acceptors (Lipinski definition) is 2. The van der Waals surface area contributed by atoms with Crippen molar-refractivity contribution in [1.29, 1.82) is 0 Å². The summed E-state index contributed by atoms with van der Waals surface area (Å²) in [5.74, 6) is 0. The van der Waals surface area contributed by atoms with Crippen molar-refractivity contribution < 1.29 is 0 Å². The lowest BCUT2D eigenvalue weighted by molar-refractivity contribution is 0.597. The molecule has 1 atom stereocenters. The molecule has 1 N–H and O–H groups in total. The topological polar surface area (TPSA) is 29.9 Å². The van der Waals surface area contributed by atoms with Gasteiger partial charge in [-0.1, -0.05) is 35.0 Å². The molecule has 0 aliphatic rings. The van der Waals surface area contributed by atoms with Crippen LogP contribution < -0.4 is 5.32 Å². The van der Waals surface area contributed by atoms with Crippen LogP contribution in [0.25, 0.3) is 0 Å². The zero-order valence-electron chi connectivity index (χ0n) is 11.7. The third-order valence-corrected chi connectivity index (χ3v) is 4.04. The van der Waals surface area contributed by atoms with Crippen LogP contribution in [0, 0.1) is 6.92 Å². The van der Waals surface area contributed by atoms with Crippen LogP contribution in [0.3, 0.4) is 0 Å². The smallest absolute Gasteiger partial charge is 0.0608 e. The van der Waals surface area contributed by atoms with Crippen LogP contribution in [0.5, 0.6) is 0 Å². The first-order valence-corrected chi connectivity index (χ1v) is 7.39. The normalized spacial score (nSPS) is 12.6. The van der Waals surface area contributed by atoms with Crippen LogP contribution in [-0.4, -0.2) is 16.3 Å². The zero-order chi connectivity index (χ0) is 13.8. The van der Waals surface area contributed by atoms with E-state index in [4.69, 9.17) is 0 Å². The molecule has 1 unspecified atom stereocenters. The number of halogens is 1. The number of nitrogens with one attached hydrogen (secondary N) is 1. The minimum atomic E-state index is 0.200. The van der Waals surface area contributed by atoms with Crippen LogP contribution in [-0.2, 0) is 7.05 Å². The summed E-state index contributed by atoms with van der Waals surface area (Å²) in [6, 6.07) is 6.72. The molecule has 19 heavy (non-hydrogen) atoms. The van der Waals surface area contributed by atoms with E-state index in [0.717, 1.165) is 17.4 Å². The molecule has 2 aromatic rings. The lowest BCUT2D eigenvalue weighted by Crippen LogP contribution is -2.22. The predicted octanol–water partition coefficient (Wildman–Crippen LogP) is 3.58. The van der Waals surface area contributed by atoms with E-state index in [1.54, 1.807) is 0 Å². The molecule has 0 saturated carbocycles. The molecular formula is C15H20BrN3. The molecule has 0 fully saturated rings. The Labute approximate surface area is 123 Å². The Morgan fingerprint density at radius 3 is 2.74 bits per heavy atom. The molecule has 1 aromatic heterocycles. The van der Waals surface area contributed by atoms with Crippen molar-refractivity contribution in [3.63, 3.8) is 0 Å². The first kappa shape index (κ1) is 14.3. The van der Waals surface area contributed by atoms with E-state index in [9.17, 15) is 0 Å². The van der Waals surface area contributed by atoms with Gasteiger partial charge in [-0.05, 0) is 37.1 Å². The fourth-order valence-corrected chi connectivity index (χ4v) is 2.49. The van der Waals surface area contributed by atoms with E-state index in [1.165, 1.54) is 16.7 Å². The highest BCUT2D eigenvalue weighted by molar-refractivity contribution is 9.10. The van der Waals surface area contributed by atoms with E-state index >= 15 is 0 Å². The summed E-state index contributed by atoms with van der Waals surface area (Å²) in [5.41, 5.74) is 3.72. The second-order valence-corrected chi connectivity index (χ2v) is 5.70. The Morgan fingerprint density at radius 2 is 2.16 bits per heavy atom. The lowest BCUT2D eigenvalue weighted by atomic mass is 10.0. The Hall–Kier alpha value is -1.13. The first-order valence-electron chi connectivity index (χ1n) is 6.59. The fourth-order valence-electron chi connectivity index (χ4n) is 2.09. The third-order valence-electron chi connectivity index (χ3n) is 3.19. The second-order valence-electron chi connectivity index (χ2n) is 4.84. The number of aryl methyl sites for hydroxylation is 2. The van der Waals surface area contributed by atoms with Gasteiger partial charge in [0.15, 0.2) is 0 Å². The van der Waals surface area contributed by atoms with Crippen molar-refractivity contribution in [3.05, 3.63) is 51.8 Å². The molecule has 0 spiro atoms. The van der Waals surface area contributed by atoms with Crippen LogP contribution in [0.2, 0.25) is 0 Å². The number of rotatable bonds is 5. The average Bonchev–Trinajstić information content (AvgIpc) is 2.80. The largest absolute Gasteiger partial charge is 0.306 e. The minimum Gasteiger partial charge on any atom is -0.306 e. The number of nitrogens with zero attached hydrogens (tertiary/aromatic N) is 2. The maximum Gasteiger partial charge on any atom is 0.0608 e. The Bertz CT molecular complexity index is 548. The summed E-state index contributed by atoms with van der Waals surface area (Å²) >= 11 is 3.61. The van der Waals surface area contributed by atoms with Crippen LogP contribution >= 0.6 is 15.9 Å². The maximum atomic E-state index is 4.28. The van der Waals surface area contributed by atoms with Crippen molar-refractivity contribution in [2.75, 3.05) is 6.54 Å². The zero-order valence-corrected chi connectivity index (χ0v) is 13.2. The standard InChI is InChI=1S/C15H20BrN3/c1-4-7-17-15(13-9-18-19(3)10-13)12-6-5-11(2)14(16)8-12/h5-6,8-10,15,17H,4,7H2,1-3H3. The fraction of sp³-hybridized carbons (Fsp3) is 0.400. The third kappa shape index (κ3) is 3.45. The molecule has 3 nitrogen and oxygen atoms in total. The lowest BCUT2D eigenvalue weighted by Gasteiger charge is -2.18. The van der Waals surface area contributed by atoms with Gasteiger partial charge in [-0.3, -0.25) is 4.68 Å². The summed E-state index contributed by atoms with van der Waals surface area (Å²) in [7, 11) is 1.95. The van der Waals surface area contributed by atoms with Gasteiger partial charge < -0.3 is 5.32 Å². The Kier molecular flexibility index (Phi) is 4.77. The van der Waals surface area contributed by atoms with Crippen LogP contribution in [0.4, 0.5) is 0 Å². The SMILES string of the molecule is CCCNC(c1ccc(C)c(Br)c1)c1cnn(C)c1. The first-order chi connectivity index (χ1) is 9.11. The average molecular weight is 322 g/mol. The van der Waals surface area contributed by atoms with Gasteiger partial charge in [0.05, 0.1) is 12.2 Å². The Morgan fingerprint density at radius 1 is 1.37 bits per heavy atom. The van der Waals surface area contributed by atoms with Gasteiger partial charge in [-0.2, -0.15) is 5.10 Å². The molecule has 0 amide bonds. The van der Waals surface area contributed by atoms with Gasteiger partial charge in [0, 0.05) is 23.3 Å². The van der Waals surface area contributed by atoms with Crippen LogP contribution in [0.1, 0.15) is 36.1 Å². The molecule has 2 rings (SSSR count). The van der Waals surface area contributed by atoms with E-state index in [2.05, 4.69) is 64.6 Å². The van der Waals surface area contributed by atoms with Crippen molar-refractivity contribution in [1.82, 2.24) is 15.1 Å². The summed E-state index contributed by atoms with van der Waals surface area (Å²) in [6.45, 7) is 5.27.